The second-order valence-corrected chi connectivity index (χ2v) is 11.6. The highest BCUT2D eigenvalue weighted by atomic mass is 16.4. The minimum atomic E-state index is 0.569. The fraction of sp³-hybridized carbons (Fsp3) is 0. The summed E-state index contributed by atoms with van der Waals surface area (Å²) in [5.74, 6) is 0.569. The molecule has 0 bridgehead atoms. The van der Waals surface area contributed by atoms with E-state index >= 15 is 0 Å². The lowest BCUT2D eigenvalue weighted by Crippen LogP contribution is -2.10. The highest BCUT2D eigenvalue weighted by Crippen LogP contribution is 2.48. The van der Waals surface area contributed by atoms with Crippen LogP contribution in [0.5, 0.6) is 0 Å². The van der Waals surface area contributed by atoms with Crippen LogP contribution in [0.2, 0.25) is 0 Å². The van der Waals surface area contributed by atoms with Crippen LogP contribution in [0.3, 0.4) is 0 Å². The molecule has 0 fully saturated rings. The first kappa shape index (κ1) is 27.0. The maximum Gasteiger partial charge on any atom is 0.227 e. The highest BCUT2D eigenvalue weighted by molar-refractivity contribution is 6.20. The molecule has 9 rings (SSSR count). The summed E-state index contributed by atoms with van der Waals surface area (Å²) in [6.45, 7) is 0. The zero-order valence-corrected chi connectivity index (χ0v) is 25.4. The van der Waals surface area contributed by atoms with Crippen LogP contribution in [-0.4, -0.2) is 4.98 Å². The molecule has 0 aliphatic heterocycles. The van der Waals surface area contributed by atoms with E-state index in [2.05, 4.69) is 108 Å². The number of aromatic nitrogens is 1. The minimum Gasteiger partial charge on any atom is -0.456 e. The van der Waals surface area contributed by atoms with Gasteiger partial charge in [-0.25, -0.2) is 4.98 Å². The molecule has 0 saturated heterocycles. The Balaban J connectivity index is 1.28. The van der Waals surface area contributed by atoms with E-state index in [1.54, 1.807) is 0 Å². The van der Waals surface area contributed by atoms with Gasteiger partial charge in [0.25, 0.3) is 0 Å². The zero-order chi connectivity index (χ0) is 31.2. The van der Waals surface area contributed by atoms with E-state index in [4.69, 9.17) is 13.8 Å². The standard InChI is InChI=1S/C43H28N2O2/c1-4-13-29(14-5-1)30-23-25-31(26-24-30)33-17-12-20-35(27-33)45(34-18-8-3-9-19-34)41-40-36-21-10-11-22-38(36)46-39(40)28-37-42(41)47-43(44-37)32-15-6-2-7-16-32/h1-28H. The number of furan rings is 1. The summed E-state index contributed by atoms with van der Waals surface area (Å²) < 4.78 is 13.2. The Kier molecular flexibility index (Phi) is 6.43. The highest BCUT2D eigenvalue weighted by Gasteiger charge is 2.26. The van der Waals surface area contributed by atoms with E-state index in [1.165, 1.54) is 11.1 Å². The van der Waals surface area contributed by atoms with E-state index in [9.17, 15) is 0 Å². The van der Waals surface area contributed by atoms with Crippen molar-refractivity contribution in [3.05, 3.63) is 170 Å². The topological polar surface area (TPSA) is 42.4 Å². The van der Waals surface area contributed by atoms with Gasteiger partial charge in [0.1, 0.15) is 22.4 Å². The average molecular weight is 605 g/mol. The number of hydrogen-bond donors (Lipinski definition) is 0. The molecule has 0 spiro atoms. The molecule has 7 aromatic carbocycles. The largest absolute Gasteiger partial charge is 0.456 e. The summed E-state index contributed by atoms with van der Waals surface area (Å²) in [6, 6.07) is 58.5. The summed E-state index contributed by atoms with van der Waals surface area (Å²) in [6.07, 6.45) is 0. The van der Waals surface area contributed by atoms with Gasteiger partial charge in [0, 0.05) is 28.4 Å². The molecular weight excluding hydrogens is 576 g/mol. The summed E-state index contributed by atoms with van der Waals surface area (Å²) in [5.41, 5.74) is 11.5. The average Bonchev–Trinajstić information content (AvgIpc) is 3.74. The van der Waals surface area contributed by atoms with Crippen molar-refractivity contribution in [3.63, 3.8) is 0 Å². The lowest BCUT2D eigenvalue weighted by atomic mass is 9.99. The van der Waals surface area contributed by atoms with E-state index in [-0.39, 0.29) is 0 Å². The Morgan fingerprint density at radius 3 is 1.74 bits per heavy atom. The van der Waals surface area contributed by atoms with Gasteiger partial charge in [0.2, 0.25) is 5.89 Å². The third kappa shape index (κ3) is 4.75. The van der Waals surface area contributed by atoms with Gasteiger partial charge in [-0.3, -0.25) is 0 Å². The molecule has 0 aliphatic carbocycles. The first-order valence-corrected chi connectivity index (χ1v) is 15.7. The summed E-state index contributed by atoms with van der Waals surface area (Å²) >= 11 is 0. The number of benzene rings is 7. The van der Waals surface area contributed by atoms with Gasteiger partial charge in [0.15, 0.2) is 5.58 Å². The third-order valence-electron chi connectivity index (χ3n) is 8.68. The van der Waals surface area contributed by atoms with Crippen LogP contribution >= 0.6 is 0 Å². The molecule has 4 nitrogen and oxygen atoms in total. The third-order valence-corrected chi connectivity index (χ3v) is 8.68. The second kappa shape index (κ2) is 11.2. The van der Waals surface area contributed by atoms with E-state index in [0.29, 0.717) is 11.5 Å². The first-order valence-electron chi connectivity index (χ1n) is 15.7. The number of oxazole rings is 1. The number of para-hydroxylation sites is 2. The van der Waals surface area contributed by atoms with Crippen LogP contribution in [0.4, 0.5) is 17.1 Å². The Labute approximate surface area is 271 Å². The van der Waals surface area contributed by atoms with Gasteiger partial charge >= 0.3 is 0 Å². The number of nitrogens with zero attached hydrogens (tertiary/aromatic N) is 2. The summed E-state index contributed by atoms with van der Waals surface area (Å²) in [7, 11) is 0. The van der Waals surface area contributed by atoms with Crippen molar-refractivity contribution in [1.29, 1.82) is 0 Å². The van der Waals surface area contributed by atoms with Crippen molar-refractivity contribution in [2.45, 2.75) is 0 Å². The summed E-state index contributed by atoms with van der Waals surface area (Å²) in [4.78, 5) is 7.25. The van der Waals surface area contributed by atoms with Crippen LogP contribution in [0.15, 0.2) is 179 Å². The van der Waals surface area contributed by atoms with E-state index < -0.39 is 0 Å². The maximum absolute atomic E-state index is 6.71. The van der Waals surface area contributed by atoms with Crippen LogP contribution in [0.1, 0.15) is 0 Å². The number of anilines is 3. The predicted octanol–water partition coefficient (Wildman–Crippen LogP) is 12.2. The Hall–Kier alpha value is -6.39. The molecule has 2 heterocycles. The van der Waals surface area contributed by atoms with Gasteiger partial charge in [-0.1, -0.05) is 121 Å². The van der Waals surface area contributed by atoms with Crippen LogP contribution in [0.25, 0.3) is 66.7 Å². The molecule has 4 heteroatoms. The van der Waals surface area contributed by atoms with E-state index in [0.717, 1.165) is 61.2 Å². The fourth-order valence-corrected chi connectivity index (χ4v) is 6.46. The molecule has 0 atom stereocenters. The quantitative estimate of drug-likeness (QED) is 0.189. The van der Waals surface area contributed by atoms with Crippen molar-refractivity contribution < 1.29 is 8.83 Å². The molecule has 0 unspecified atom stereocenters. The van der Waals surface area contributed by atoms with Crippen molar-refractivity contribution in [2.75, 3.05) is 4.90 Å². The molecule has 0 aliphatic rings. The van der Waals surface area contributed by atoms with Crippen LogP contribution in [0, 0.1) is 0 Å². The molecule has 222 valence electrons. The number of fused-ring (bicyclic) bond motifs is 4. The first-order chi connectivity index (χ1) is 23.3. The van der Waals surface area contributed by atoms with E-state index in [1.807, 2.05) is 66.7 Å². The minimum absolute atomic E-state index is 0.569. The predicted molar refractivity (Wildman–Crippen MR) is 192 cm³/mol. The van der Waals surface area contributed by atoms with Gasteiger partial charge in [0.05, 0.1) is 5.39 Å². The lowest BCUT2D eigenvalue weighted by Gasteiger charge is -2.26. The molecular formula is C43H28N2O2. The Morgan fingerprint density at radius 1 is 0.426 bits per heavy atom. The Bertz CT molecular complexity index is 2500. The van der Waals surface area contributed by atoms with Gasteiger partial charge in [-0.2, -0.15) is 0 Å². The van der Waals surface area contributed by atoms with Crippen molar-refractivity contribution >= 4 is 50.1 Å². The van der Waals surface area contributed by atoms with Crippen LogP contribution in [-0.2, 0) is 0 Å². The SMILES string of the molecule is c1ccc(-c2ccc(-c3cccc(N(c4ccccc4)c4c5oc(-c6ccccc6)nc5cc5oc6ccccc6c45)c3)cc2)cc1. The molecule has 0 radical (unpaired) electrons. The van der Waals surface area contributed by atoms with Crippen molar-refractivity contribution in [1.82, 2.24) is 4.98 Å². The molecule has 9 aromatic rings. The molecule has 47 heavy (non-hydrogen) atoms. The molecule has 0 saturated carbocycles. The van der Waals surface area contributed by atoms with Gasteiger partial charge in [-0.05, 0) is 64.7 Å². The van der Waals surface area contributed by atoms with Crippen LogP contribution < -0.4 is 4.90 Å². The fourth-order valence-electron chi connectivity index (χ4n) is 6.46. The van der Waals surface area contributed by atoms with Gasteiger partial charge < -0.3 is 13.7 Å². The van der Waals surface area contributed by atoms with Gasteiger partial charge in [-0.15, -0.1) is 0 Å². The smallest absolute Gasteiger partial charge is 0.227 e. The summed E-state index contributed by atoms with van der Waals surface area (Å²) in [5, 5.41) is 2.00. The number of rotatable bonds is 6. The molecule has 2 aromatic heterocycles. The Morgan fingerprint density at radius 2 is 1.00 bits per heavy atom. The lowest BCUT2D eigenvalue weighted by molar-refractivity contribution is 0.620. The monoisotopic (exact) mass is 604 g/mol. The molecule has 0 N–H and O–H groups in total. The number of hydrogen-bond acceptors (Lipinski definition) is 4. The maximum atomic E-state index is 6.71. The second-order valence-electron chi connectivity index (χ2n) is 11.6. The van der Waals surface area contributed by atoms with Crippen molar-refractivity contribution in [3.8, 4) is 33.7 Å². The normalized spacial score (nSPS) is 11.4. The molecule has 0 amide bonds. The zero-order valence-electron chi connectivity index (χ0n) is 25.4. The van der Waals surface area contributed by atoms with Crippen molar-refractivity contribution in [2.24, 2.45) is 0 Å².